The molecular weight excluding hydrogens is 472 g/mol. The molecule has 3 aromatic rings. The van der Waals surface area contributed by atoms with Crippen LogP contribution in [0.2, 0.25) is 0 Å². The van der Waals surface area contributed by atoms with E-state index in [4.69, 9.17) is 0 Å². The Morgan fingerprint density at radius 3 is 2.76 bits per heavy atom. The predicted octanol–water partition coefficient (Wildman–Crippen LogP) is 3.62. The number of benzene rings is 1. The lowest BCUT2D eigenvalue weighted by atomic mass is 10.2. The Balaban J connectivity index is 1.65. The maximum Gasteiger partial charge on any atom is 0.236 e. The van der Waals surface area contributed by atoms with Gasteiger partial charge in [0.05, 0.1) is 15.9 Å². The second-order valence-electron chi connectivity index (χ2n) is 5.03. The van der Waals surface area contributed by atoms with Crippen molar-refractivity contribution in [3.05, 3.63) is 51.0 Å². The minimum absolute atomic E-state index is 0.163. The van der Waals surface area contributed by atoms with Crippen LogP contribution in [0.3, 0.4) is 0 Å². The normalized spacial score (nSPS) is 10.7. The van der Waals surface area contributed by atoms with E-state index in [9.17, 15) is 4.79 Å². The van der Waals surface area contributed by atoms with Gasteiger partial charge in [-0.05, 0) is 67.4 Å². The first-order chi connectivity index (χ1) is 12.0. The lowest BCUT2D eigenvalue weighted by molar-refractivity contribution is -0.113. The second kappa shape index (κ2) is 8.07. The highest BCUT2D eigenvalue weighted by atomic mass is 79.9. The molecule has 128 valence electrons. The largest absolute Gasteiger partial charge is 0.309 e. The first-order valence-corrected chi connectivity index (χ1v) is 9.69. The molecule has 1 N–H and O–H groups in total. The van der Waals surface area contributed by atoms with Gasteiger partial charge < -0.3 is 5.32 Å². The number of aryl methyl sites for hydroxylation is 1. The number of halogens is 2. The highest BCUT2D eigenvalue weighted by Crippen LogP contribution is 2.24. The molecule has 0 bridgehead atoms. The summed E-state index contributed by atoms with van der Waals surface area (Å²) in [4.78, 5) is 16.3. The number of hydrogen-bond donors (Lipinski definition) is 1. The number of thioether (sulfide) groups is 1. The maximum absolute atomic E-state index is 12.2. The molecule has 0 radical (unpaired) electrons. The number of anilines is 1. The molecule has 1 amide bonds. The van der Waals surface area contributed by atoms with Gasteiger partial charge in [0.15, 0.2) is 0 Å². The zero-order valence-electron chi connectivity index (χ0n) is 13.0. The van der Waals surface area contributed by atoms with Crippen molar-refractivity contribution in [1.29, 1.82) is 0 Å². The molecule has 0 saturated carbocycles. The smallest absolute Gasteiger partial charge is 0.236 e. The van der Waals surface area contributed by atoms with Gasteiger partial charge in [-0.15, -0.1) is 5.10 Å². The summed E-state index contributed by atoms with van der Waals surface area (Å²) in [5, 5.41) is 14.9. The van der Waals surface area contributed by atoms with Gasteiger partial charge in [-0.25, -0.2) is 4.98 Å². The van der Waals surface area contributed by atoms with Crippen LogP contribution in [-0.2, 0) is 4.79 Å². The molecule has 7 nitrogen and oxygen atoms in total. The van der Waals surface area contributed by atoms with Crippen LogP contribution in [0.4, 0.5) is 5.82 Å². The van der Waals surface area contributed by atoms with Gasteiger partial charge in [0.1, 0.15) is 5.82 Å². The number of pyridine rings is 1. The Morgan fingerprint density at radius 1 is 1.28 bits per heavy atom. The Kier molecular flexibility index (Phi) is 5.82. The van der Waals surface area contributed by atoms with E-state index in [1.165, 1.54) is 11.8 Å². The van der Waals surface area contributed by atoms with E-state index in [-0.39, 0.29) is 11.7 Å². The van der Waals surface area contributed by atoms with Gasteiger partial charge >= 0.3 is 0 Å². The lowest BCUT2D eigenvalue weighted by Gasteiger charge is -2.07. The van der Waals surface area contributed by atoms with Crippen molar-refractivity contribution in [3.8, 4) is 5.69 Å². The van der Waals surface area contributed by atoms with Crippen molar-refractivity contribution in [2.24, 2.45) is 0 Å². The van der Waals surface area contributed by atoms with Crippen LogP contribution in [0, 0.1) is 6.92 Å². The predicted molar refractivity (Wildman–Crippen MR) is 103 cm³/mol. The van der Waals surface area contributed by atoms with Gasteiger partial charge in [0, 0.05) is 10.7 Å². The number of amides is 1. The molecule has 3 rings (SSSR count). The van der Waals surface area contributed by atoms with Crippen LogP contribution in [0.25, 0.3) is 5.69 Å². The van der Waals surface area contributed by atoms with Gasteiger partial charge in [-0.2, -0.15) is 4.68 Å². The second-order valence-corrected chi connectivity index (χ2v) is 7.74. The molecule has 0 aliphatic rings. The molecule has 0 atom stereocenters. The summed E-state index contributed by atoms with van der Waals surface area (Å²) >= 11 is 7.93. The van der Waals surface area contributed by atoms with Gasteiger partial charge in [-0.1, -0.05) is 29.5 Å². The Morgan fingerprint density at radius 2 is 2.04 bits per heavy atom. The molecule has 2 aromatic heterocycles. The van der Waals surface area contributed by atoms with E-state index in [1.807, 2.05) is 37.3 Å². The van der Waals surface area contributed by atoms with Gasteiger partial charge in [0.25, 0.3) is 0 Å². The maximum atomic E-state index is 12.2. The fraction of sp³-hybridized carbons (Fsp3) is 0.133. The summed E-state index contributed by atoms with van der Waals surface area (Å²) in [7, 11) is 0. The fourth-order valence-electron chi connectivity index (χ4n) is 1.92. The molecule has 0 unspecified atom stereocenters. The van der Waals surface area contributed by atoms with Gasteiger partial charge in [-0.3, -0.25) is 4.79 Å². The number of tetrazole rings is 1. The number of nitrogens with zero attached hydrogens (tertiary/aromatic N) is 5. The van der Waals surface area contributed by atoms with Crippen LogP contribution in [0.1, 0.15) is 5.56 Å². The van der Waals surface area contributed by atoms with Crippen molar-refractivity contribution in [1.82, 2.24) is 25.2 Å². The molecular formula is C15H12Br2N6OS. The number of rotatable bonds is 5. The Bertz CT molecular complexity index is 899. The van der Waals surface area contributed by atoms with Crippen LogP contribution in [0.5, 0.6) is 0 Å². The zero-order valence-corrected chi connectivity index (χ0v) is 17.0. The average Bonchev–Trinajstić information content (AvgIpc) is 3.05. The van der Waals surface area contributed by atoms with Crippen LogP contribution >= 0.6 is 43.6 Å². The molecule has 10 heteroatoms. The Labute approximate surface area is 164 Å². The van der Waals surface area contributed by atoms with E-state index < -0.39 is 0 Å². The molecule has 0 aliphatic heterocycles. The van der Waals surface area contributed by atoms with E-state index in [0.29, 0.717) is 15.4 Å². The molecule has 0 aliphatic carbocycles. The number of carbonyl (C=O) groups excluding carboxylic acids is 1. The van der Waals surface area contributed by atoms with Crippen molar-refractivity contribution < 1.29 is 4.79 Å². The monoisotopic (exact) mass is 482 g/mol. The van der Waals surface area contributed by atoms with Crippen molar-refractivity contribution in [2.75, 3.05) is 11.1 Å². The molecule has 1 aromatic carbocycles. The third kappa shape index (κ3) is 4.65. The summed E-state index contributed by atoms with van der Waals surface area (Å²) in [6.07, 6.45) is 1.62. The number of aromatic nitrogens is 5. The number of hydrogen-bond acceptors (Lipinski definition) is 6. The Hall–Kier alpha value is -1.78. The third-order valence-corrected chi connectivity index (χ3v) is 5.07. The molecule has 0 fully saturated rings. The molecule has 25 heavy (non-hydrogen) atoms. The highest BCUT2D eigenvalue weighted by Gasteiger charge is 2.13. The fourth-order valence-corrected chi connectivity index (χ4v) is 3.70. The average molecular weight is 484 g/mol. The first kappa shape index (κ1) is 18.0. The molecule has 0 saturated heterocycles. The standard InChI is InChI=1S/C15H12Br2N6OS/c1-9-2-4-11(5-3-9)23-15(20-21-22-23)25-8-13(24)19-14-12(17)6-10(16)7-18-14/h2-7H,8H2,1H3,(H,18,19,24). The minimum Gasteiger partial charge on any atom is -0.309 e. The quantitative estimate of drug-likeness (QED) is 0.558. The van der Waals surface area contributed by atoms with E-state index in [0.717, 1.165) is 15.7 Å². The van der Waals surface area contributed by atoms with Crippen molar-refractivity contribution >= 4 is 55.3 Å². The molecule has 0 spiro atoms. The van der Waals surface area contributed by atoms with Crippen molar-refractivity contribution in [3.63, 3.8) is 0 Å². The van der Waals surface area contributed by atoms with E-state index in [2.05, 4.69) is 57.7 Å². The van der Waals surface area contributed by atoms with Crippen LogP contribution < -0.4 is 5.32 Å². The number of carbonyl (C=O) groups is 1. The molecule has 2 heterocycles. The van der Waals surface area contributed by atoms with Crippen LogP contribution in [-0.4, -0.2) is 36.9 Å². The SMILES string of the molecule is Cc1ccc(-n2nnnc2SCC(=O)Nc2ncc(Br)cc2Br)cc1. The van der Waals surface area contributed by atoms with Gasteiger partial charge in [0.2, 0.25) is 11.1 Å². The topological polar surface area (TPSA) is 85.6 Å². The zero-order chi connectivity index (χ0) is 17.8. The van der Waals surface area contributed by atoms with E-state index >= 15 is 0 Å². The van der Waals surface area contributed by atoms with Crippen LogP contribution in [0.15, 0.2) is 50.6 Å². The number of nitrogens with one attached hydrogen (secondary N) is 1. The minimum atomic E-state index is -0.195. The summed E-state index contributed by atoms with van der Waals surface area (Å²) in [5.74, 6) is 0.432. The lowest BCUT2D eigenvalue weighted by Crippen LogP contribution is -2.16. The summed E-state index contributed by atoms with van der Waals surface area (Å²) in [6, 6.07) is 9.63. The first-order valence-electron chi connectivity index (χ1n) is 7.12. The summed E-state index contributed by atoms with van der Waals surface area (Å²) in [6.45, 7) is 2.01. The highest BCUT2D eigenvalue weighted by molar-refractivity contribution is 9.11. The third-order valence-electron chi connectivity index (χ3n) is 3.12. The summed E-state index contributed by atoms with van der Waals surface area (Å²) < 4.78 is 3.12. The van der Waals surface area contributed by atoms with E-state index in [1.54, 1.807) is 10.9 Å². The van der Waals surface area contributed by atoms with Crippen molar-refractivity contribution in [2.45, 2.75) is 12.1 Å². The summed E-state index contributed by atoms with van der Waals surface area (Å²) in [5.41, 5.74) is 1.99.